The van der Waals surface area contributed by atoms with Crippen molar-refractivity contribution in [3.63, 3.8) is 0 Å². The lowest BCUT2D eigenvalue weighted by Crippen LogP contribution is -2.23. The molecule has 0 spiro atoms. The minimum Gasteiger partial charge on any atom is -0.493 e. The minimum atomic E-state index is 0.794. The van der Waals surface area contributed by atoms with Crippen LogP contribution in [0.25, 0.3) is 10.9 Å². The SMILES string of the molecule is CCCCOc1cccc2c1ccn2N(C)C. The lowest BCUT2D eigenvalue weighted by Gasteiger charge is -2.16. The van der Waals surface area contributed by atoms with E-state index in [1.54, 1.807) is 0 Å². The van der Waals surface area contributed by atoms with Gasteiger partial charge in [-0.15, -0.1) is 0 Å². The second-order valence-corrected chi connectivity index (χ2v) is 4.40. The van der Waals surface area contributed by atoms with Crippen LogP contribution >= 0.6 is 0 Å². The molecule has 0 saturated heterocycles. The average molecular weight is 232 g/mol. The molecule has 0 bridgehead atoms. The molecule has 0 N–H and O–H groups in total. The Labute approximate surface area is 103 Å². The van der Waals surface area contributed by atoms with Crippen molar-refractivity contribution in [3.8, 4) is 5.75 Å². The Kier molecular flexibility index (Phi) is 3.57. The highest BCUT2D eigenvalue weighted by molar-refractivity contribution is 5.86. The van der Waals surface area contributed by atoms with Crippen molar-refractivity contribution in [1.29, 1.82) is 0 Å². The maximum atomic E-state index is 5.82. The van der Waals surface area contributed by atoms with Crippen LogP contribution in [0.5, 0.6) is 5.75 Å². The molecule has 2 rings (SSSR count). The Hall–Kier alpha value is -1.64. The molecule has 1 heterocycles. The van der Waals surface area contributed by atoms with E-state index in [0.29, 0.717) is 0 Å². The normalized spacial score (nSPS) is 10.8. The highest BCUT2D eigenvalue weighted by atomic mass is 16.5. The van der Waals surface area contributed by atoms with Crippen molar-refractivity contribution in [2.75, 3.05) is 25.7 Å². The number of fused-ring (bicyclic) bond motifs is 1. The van der Waals surface area contributed by atoms with Crippen molar-refractivity contribution >= 4 is 10.9 Å². The topological polar surface area (TPSA) is 17.4 Å². The summed E-state index contributed by atoms with van der Waals surface area (Å²) in [6.07, 6.45) is 4.33. The van der Waals surface area contributed by atoms with Crippen LogP contribution < -0.4 is 9.75 Å². The predicted octanol–water partition coefficient (Wildman–Crippen LogP) is 3.02. The highest BCUT2D eigenvalue weighted by Crippen LogP contribution is 2.26. The van der Waals surface area contributed by atoms with Crippen molar-refractivity contribution < 1.29 is 4.74 Å². The van der Waals surface area contributed by atoms with Crippen molar-refractivity contribution in [2.24, 2.45) is 0 Å². The van der Waals surface area contributed by atoms with Crippen LogP contribution in [0.3, 0.4) is 0 Å². The Bertz CT molecular complexity index is 488. The smallest absolute Gasteiger partial charge is 0.128 e. The van der Waals surface area contributed by atoms with Gasteiger partial charge in [-0.1, -0.05) is 19.4 Å². The first-order chi connectivity index (χ1) is 8.24. The summed E-state index contributed by atoms with van der Waals surface area (Å²) in [5.74, 6) is 0.983. The Morgan fingerprint density at radius 3 is 2.76 bits per heavy atom. The van der Waals surface area contributed by atoms with Gasteiger partial charge in [0.1, 0.15) is 5.75 Å². The number of benzene rings is 1. The molecule has 3 nitrogen and oxygen atoms in total. The molecule has 0 fully saturated rings. The third-order valence-electron chi connectivity index (χ3n) is 2.86. The molecule has 92 valence electrons. The van der Waals surface area contributed by atoms with E-state index in [9.17, 15) is 0 Å². The second kappa shape index (κ2) is 5.13. The van der Waals surface area contributed by atoms with Gasteiger partial charge in [-0.2, -0.15) is 0 Å². The fourth-order valence-corrected chi connectivity index (χ4v) is 1.93. The van der Waals surface area contributed by atoms with Gasteiger partial charge in [0.2, 0.25) is 0 Å². The van der Waals surface area contributed by atoms with Gasteiger partial charge >= 0.3 is 0 Å². The predicted molar refractivity (Wildman–Crippen MR) is 72.4 cm³/mol. The molecule has 0 atom stereocenters. The molecule has 0 aliphatic heterocycles. The van der Waals surface area contributed by atoms with Gasteiger partial charge in [0.15, 0.2) is 0 Å². The minimum absolute atomic E-state index is 0.794. The van der Waals surface area contributed by atoms with E-state index in [-0.39, 0.29) is 0 Å². The second-order valence-electron chi connectivity index (χ2n) is 4.40. The lowest BCUT2D eigenvalue weighted by molar-refractivity contribution is 0.313. The van der Waals surface area contributed by atoms with Crippen LogP contribution in [0.4, 0.5) is 0 Å². The average Bonchev–Trinajstić information content (AvgIpc) is 2.74. The third-order valence-corrected chi connectivity index (χ3v) is 2.86. The van der Waals surface area contributed by atoms with Crippen LogP contribution in [0.2, 0.25) is 0 Å². The number of nitrogens with zero attached hydrogens (tertiary/aromatic N) is 2. The summed E-state index contributed by atoms with van der Waals surface area (Å²) in [4.78, 5) is 0. The summed E-state index contributed by atoms with van der Waals surface area (Å²) in [5.41, 5.74) is 1.18. The van der Waals surface area contributed by atoms with Gasteiger partial charge in [-0.25, -0.2) is 0 Å². The first-order valence-electron chi connectivity index (χ1n) is 6.14. The number of hydrogen-bond acceptors (Lipinski definition) is 2. The zero-order valence-electron chi connectivity index (χ0n) is 10.8. The van der Waals surface area contributed by atoms with Crippen LogP contribution in [0.15, 0.2) is 30.5 Å². The Morgan fingerprint density at radius 2 is 2.06 bits per heavy atom. The molecule has 1 aromatic carbocycles. The summed E-state index contributed by atoms with van der Waals surface area (Å²) in [7, 11) is 4.06. The molecule has 17 heavy (non-hydrogen) atoms. The molecule has 0 saturated carbocycles. The molecular weight excluding hydrogens is 212 g/mol. The van der Waals surface area contributed by atoms with Crippen molar-refractivity contribution in [1.82, 2.24) is 4.68 Å². The summed E-state index contributed by atoms with van der Waals surface area (Å²) >= 11 is 0. The fraction of sp³-hybridized carbons (Fsp3) is 0.429. The van der Waals surface area contributed by atoms with Crippen LogP contribution in [-0.2, 0) is 0 Å². The zero-order valence-corrected chi connectivity index (χ0v) is 10.8. The van der Waals surface area contributed by atoms with E-state index in [1.807, 2.05) is 26.2 Å². The maximum absolute atomic E-state index is 5.82. The van der Waals surface area contributed by atoms with Gasteiger partial charge in [0, 0.05) is 25.7 Å². The lowest BCUT2D eigenvalue weighted by atomic mass is 10.2. The van der Waals surface area contributed by atoms with Crippen LogP contribution in [0, 0.1) is 0 Å². The molecule has 0 aliphatic rings. The largest absolute Gasteiger partial charge is 0.493 e. The van der Waals surface area contributed by atoms with Gasteiger partial charge in [0.25, 0.3) is 0 Å². The third kappa shape index (κ3) is 2.38. The summed E-state index contributed by atoms with van der Waals surface area (Å²) in [6.45, 7) is 2.97. The van der Waals surface area contributed by atoms with E-state index in [1.165, 1.54) is 10.9 Å². The van der Waals surface area contributed by atoms with E-state index in [2.05, 4.69) is 34.9 Å². The number of aromatic nitrogens is 1. The van der Waals surface area contributed by atoms with Crippen LogP contribution in [-0.4, -0.2) is 25.4 Å². The summed E-state index contributed by atoms with van der Waals surface area (Å²) in [6, 6.07) is 8.31. The molecule has 0 radical (unpaired) electrons. The van der Waals surface area contributed by atoms with E-state index >= 15 is 0 Å². The van der Waals surface area contributed by atoms with Gasteiger partial charge in [-0.3, -0.25) is 4.68 Å². The number of hydrogen-bond donors (Lipinski definition) is 0. The quantitative estimate of drug-likeness (QED) is 0.737. The molecular formula is C14H20N2O. The zero-order chi connectivity index (χ0) is 12.3. The maximum Gasteiger partial charge on any atom is 0.128 e. The van der Waals surface area contributed by atoms with Crippen molar-refractivity contribution in [3.05, 3.63) is 30.5 Å². The monoisotopic (exact) mass is 232 g/mol. The summed E-state index contributed by atoms with van der Waals surface area (Å²) in [5, 5.41) is 3.23. The fourth-order valence-electron chi connectivity index (χ4n) is 1.93. The van der Waals surface area contributed by atoms with E-state index in [4.69, 9.17) is 4.74 Å². The van der Waals surface area contributed by atoms with Crippen molar-refractivity contribution in [2.45, 2.75) is 19.8 Å². The van der Waals surface area contributed by atoms with E-state index in [0.717, 1.165) is 25.2 Å². The van der Waals surface area contributed by atoms with E-state index < -0.39 is 0 Å². The van der Waals surface area contributed by atoms with Gasteiger partial charge in [0.05, 0.1) is 12.1 Å². The number of ether oxygens (including phenoxy) is 1. The van der Waals surface area contributed by atoms with Crippen LogP contribution in [0.1, 0.15) is 19.8 Å². The van der Waals surface area contributed by atoms with Gasteiger partial charge in [-0.05, 0) is 24.6 Å². The Morgan fingerprint density at radius 1 is 1.24 bits per heavy atom. The highest BCUT2D eigenvalue weighted by Gasteiger charge is 2.06. The standard InChI is InChI=1S/C14H20N2O/c1-4-5-11-17-14-8-6-7-13-12(14)9-10-16(13)15(2)3/h6-10H,4-5,11H2,1-3H3. The first-order valence-corrected chi connectivity index (χ1v) is 6.14. The molecule has 2 aromatic rings. The van der Waals surface area contributed by atoms with Gasteiger partial charge < -0.3 is 9.75 Å². The molecule has 1 aromatic heterocycles. The number of rotatable bonds is 5. The Balaban J connectivity index is 2.31. The molecule has 3 heteroatoms. The first kappa shape index (κ1) is 11.8. The molecule has 0 amide bonds. The molecule has 0 unspecified atom stereocenters. The summed E-state index contributed by atoms with van der Waals surface area (Å²) < 4.78 is 7.93. The number of unbranched alkanes of at least 4 members (excludes halogenated alkanes) is 1. The molecule has 0 aliphatic carbocycles.